The van der Waals surface area contributed by atoms with Crippen molar-refractivity contribution in [1.29, 1.82) is 0 Å². The molecule has 0 atom stereocenters. The van der Waals surface area contributed by atoms with E-state index in [0.717, 1.165) is 50.1 Å². The SMILES string of the molecule is O=C(Nc1nc2ccccc2n1CC[NH+]1CCOCC1)c1[nH]ncc1[N+](=O)[O-]. The third kappa shape index (κ3) is 3.57. The van der Waals surface area contributed by atoms with Crippen LogP contribution >= 0.6 is 0 Å². The summed E-state index contributed by atoms with van der Waals surface area (Å²) in [6, 6.07) is 7.58. The van der Waals surface area contributed by atoms with Gasteiger partial charge in [0.05, 0.1) is 42.3 Å². The van der Waals surface area contributed by atoms with Gasteiger partial charge in [-0.15, -0.1) is 0 Å². The van der Waals surface area contributed by atoms with Gasteiger partial charge >= 0.3 is 5.69 Å². The van der Waals surface area contributed by atoms with E-state index in [1.807, 2.05) is 28.8 Å². The van der Waals surface area contributed by atoms with E-state index in [0.29, 0.717) is 12.5 Å². The summed E-state index contributed by atoms with van der Waals surface area (Å²) in [6.45, 7) is 4.87. The van der Waals surface area contributed by atoms with Crippen LogP contribution in [-0.4, -0.2) is 63.4 Å². The minimum absolute atomic E-state index is 0.206. The lowest BCUT2D eigenvalue weighted by molar-refractivity contribution is -0.908. The third-order valence-corrected chi connectivity index (χ3v) is 4.81. The average molecular weight is 386 g/mol. The lowest BCUT2D eigenvalue weighted by Crippen LogP contribution is -3.14. The second-order valence-corrected chi connectivity index (χ2v) is 6.53. The highest BCUT2D eigenvalue weighted by Gasteiger charge is 2.25. The number of benzene rings is 1. The molecule has 1 aromatic carbocycles. The number of morpholine rings is 1. The van der Waals surface area contributed by atoms with Crippen molar-refractivity contribution in [2.24, 2.45) is 0 Å². The molecule has 0 bridgehead atoms. The normalized spacial score (nSPS) is 15.0. The summed E-state index contributed by atoms with van der Waals surface area (Å²) in [5.41, 5.74) is 1.05. The van der Waals surface area contributed by atoms with Gasteiger partial charge in [-0.1, -0.05) is 12.1 Å². The Morgan fingerprint density at radius 2 is 2.14 bits per heavy atom. The maximum atomic E-state index is 12.6. The van der Waals surface area contributed by atoms with Crippen LogP contribution in [0, 0.1) is 10.1 Å². The fourth-order valence-electron chi connectivity index (χ4n) is 3.33. The van der Waals surface area contributed by atoms with Crippen molar-refractivity contribution < 1.29 is 19.4 Å². The Hall–Kier alpha value is -3.31. The summed E-state index contributed by atoms with van der Waals surface area (Å²) in [4.78, 5) is 28.9. The standard InChI is InChI=1S/C17H19N7O4/c25-16(15-14(24(26)27)11-18-21-15)20-17-19-12-3-1-2-4-13(12)23(17)6-5-22-7-9-28-10-8-22/h1-4,11H,5-10H2,(H,18,21)(H,19,20,25)/p+1. The zero-order chi connectivity index (χ0) is 19.5. The Kier molecular flexibility index (Phi) is 5.00. The Labute approximate surface area is 159 Å². The van der Waals surface area contributed by atoms with E-state index in [-0.39, 0.29) is 11.4 Å². The van der Waals surface area contributed by atoms with Crippen molar-refractivity contribution in [2.75, 3.05) is 38.2 Å². The number of aromatic amines is 1. The molecular formula is C17H20N7O4+. The molecule has 146 valence electrons. The topological polar surface area (TPSA) is 132 Å². The van der Waals surface area contributed by atoms with Gasteiger partial charge < -0.3 is 14.2 Å². The molecule has 28 heavy (non-hydrogen) atoms. The van der Waals surface area contributed by atoms with E-state index < -0.39 is 10.8 Å². The number of rotatable bonds is 6. The smallest absolute Gasteiger partial charge is 0.319 e. The minimum atomic E-state index is -0.653. The Morgan fingerprint density at radius 1 is 1.36 bits per heavy atom. The Morgan fingerprint density at radius 3 is 2.93 bits per heavy atom. The number of para-hydroxylation sites is 2. The number of carbonyl (C=O) groups is 1. The highest BCUT2D eigenvalue weighted by molar-refractivity contribution is 6.05. The third-order valence-electron chi connectivity index (χ3n) is 4.81. The number of ether oxygens (including phenoxy) is 1. The molecule has 1 saturated heterocycles. The summed E-state index contributed by atoms with van der Waals surface area (Å²) in [5.74, 6) is -0.303. The predicted molar refractivity (Wildman–Crippen MR) is 99.3 cm³/mol. The number of amides is 1. The predicted octanol–water partition coefficient (Wildman–Crippen LogP) is -0.165. The molecule has 0 radical (unpaired) electrons. The Balaban J connectivity index is 1.59. The van der Waals surface area contributed by atoms with Crippen molar-refractivity contribution in [3.8, 4) is 0 Å². The maximum Gasteiger partial charge on any atom is 0.319 e. The molecule has 4 rings (SSSR count). The molecule has 11 heteroatoms. The zero-order valence-corrected chi connectivity index (χ0v) is 15.1. The van der Waals surface area contributed by atoms with Crippen molar-refractivity contribution >= 4 is 28.6 Å². The quantitative estimate of drug-likeness (QED) is 0.398. The van der Waals surface area contributed by atoms with Crippen LogP contribution in [0.15, 0.2) is 30.5 Å². The van der Waals surface area contributed by atoms with Gasteiger partial charge in [-0.05, 0) is 12.1 Å². The number of aromatic nitrogens is 4. The molecular weight excluding hydrogens is 366 g/mol. The summed E-state index contributed by atoms with van der Waals surface area (Å²) in [7, 11) is 0. The van der Waals surface area contributed by atoms with Crippen LogP contribution < -0.4 is 10.2 Å². The van der Waals surface area contributed by atoms with Gasteiger partial charge in [0.25, 0.3) is 5.91 Å². The molecule has 0 spiro atoms. The first-order chi connectivity index (χ1) is 13.6. The molecule has 3 N–H and O–H groups in total. The van der Waals surface area contributed by atoms with E-state index in [1.54, 1.807) is 0 Å². The number of imidazole rings is 1. The van der Waals surface area contributed by atoms with Crippen LogP contribution in [0.1, 0.15) is 10.5 Å². The van der Waals surface area contributed by atoms with Crippen LogP contribution in [0.25, 0.3) is 11.0 Å². The van der Waals surface area contributed by atoms with Crippen molar-refractivity contribution in [2.45, 2.75) is 6.54 Å². The highest BCUT2D eigenvalue weighted by atomic mass is 16.6. The molecule has 11 nitrogen and oxygen atoms in total. The van der Waals surface area contributed by atoms with Crippen LogP contribution in [0.3, 0.4) is 0 Å². The van der Waals surface area contributed by atoms with Gasteiger partial charge in [-0.25, -0.2) is 4.98 Å². The van der Waals surface area contributed by atoms with Crippen molar-refractivity contribution in [1.82, 2.24) is 19.7 Å². The summed E-state index contributed by atoms with van der Waals surface area (Å²) in [6.07, 6.45) is 1.01. The molecule has 0 unspecified atom stereocenters. The van der Waals surface area contributed by atoms with Gasteiger partial charge in [0, 0.05) is 0 Å². The molecule has 0 aliphatic carbocycles. The summed E-state index contributed by atoms with van der Waals surface area (Å²) < 4.78 is 7.32. The highest BCUT2D eigenvalue weighted by Crippen LogP contribution is 2.21. The van der Waals surface area contributed by atoms with E-state index in [1.165, 1.54) is 4.90 Å². The van der Waals surface area contributed by atoms with Crippen molar-refractivity contribution in [3.05, 3.63) is 46.3 Å². The first-order valence-electron chi connectivity index (χ1n) is 8.99. The molecule has 1 aliphatic heterocycles. The van der Waals surface area contributed by atoms with Gasteiger partial charge in [0.15, 0.2) is 0 Å². The van der Waals surface area contributed by atoms with Gasteiger partial charge in [0.1, 0.15) is 19.3 Å². The van der Waals surface area contributed by atoms with Crippen LogP contribution in [0.5, 0.6) is 0 Å². The van der Waals surface area contributed by atoms with E-state index >= 15 is 0 Å². The first-order valence-corrected chi connectivity index (χ1v) is 8.99. The largest absolute Gasteiger partial charge is 0.370 e. The number of nitrogens with one attached hydrogen (secondary N) is 3. The number of H-pyrrole nitrogens is 1. The summed E-state index contributed by atoms with van der Waals surface area (Å²) in [5, 5.41) is 19.7. The molecule has 1 aliphatic rings. The second-order valence-electron chi connectivity index (χ2n) is 6.53. The molecule has 3 aromatic rings. The van der Waals surface area contributed by atoms with Crippen LogP contribution in [-0.2, 0) is 11.3 Å². The lowest BCUT2D eigenvalue weighted by atomic mass is 10.3. The fourth-order valence-corrected chi connectivity index (χ4v) is 3.33. The minimum Gasteiger partial charge on any atom is -0.370 e. The number of nitrogens with zero attached hydrogens (tertiary/aromatic N) is 4. The van der Waals surface area contributed by atoms with E-state index in [2.05, 4.69) is 20.5 Å². The molecule has 1 amide bonds. The molecule has 1 fully saturated rings. The Bertz CT molecular complexity index is 1010. The van der Waals surface area contributed by atoms with Crippen molar-refractivity contribution in [3.63, 3.8) is 0 Å². The lowest BCUT2D eigenvalue weighted by Gasteiger charge is -2.24. The second kappa shape index (κ2) is 7.74. The number of nitro groups is 1. The van der Waals surface area contributed by atoms with Gasteiger partial charge in [0.2, 0.25) is 11.6 Å². The first kappa shape index (κ1) is 18.1. The molecule has 3 heterocycles. The number of carbonyl (C=O) groups excluding carboxylic acids is 1. The number of hydrogen-bond acceptors (Lipinski definition) is 6. The van der Waals surface area contributed by atoms with E-state index in [4.69, 9.17) is 4.74 Å². The summed E-state index contributed by atoms with van der Waals surface area (Å²) >= 11 is 0. The number of quaternary nitrogens is 1. The van der Waals surface area contributed by atoms with Crippen LogP contribution in [0.2, 0.25) is 0 Å². The fraction of sp³-hybridized carbons (Fsp3) is 0.353. The zero-order valence-electron chi connectivity index (χ0n) is 15.1. The number of anilines is 1. The number of fused-ring (bicyclic) bond motifs is 1. The maximum absolute atomic E-state index is 12.6. The average Bonchev–Trinajstić information content (AvgIpc) is 3.32. The molecule has 2 aromatic heterocycles. The van der Waals surface area contributed by atoms with Gasteiger partial charge in [-0.3, -0.25) is 25.3 Å². The van der Waals surface area contributed by atoms with Crippen LogP contribution in [0.4, 0.5) is 11.6 Å². The number of hydrogen-bond donors (Lipinski definition) is 3. The van der Waals surface area contributed by atoms with Gasteiger partial charge in [-0.2, -0.15) is 5.10 Å². The molecule has 0 saturated carbocycles. The van der Waals surface area contributed by atoms with E-state index in [9.17, 15) is 14.9 Å². The monoisotopic (exact) mass is 386 g/mol.